The quantitative estimate of drug-likeness (QED) is 0.466. The van der Waals surface area contributed by atoms with Gasteiger partial charge in [-0.3, -0.25) is 9.36 Å². The summed E-state index contributed by atoms with van der Waals surface area (Å²) in [5.41, 5.74) is 7.21. The highest BCUT2D eigenvalue weighted by atomic mass is 19.1. The molecule has 3 heterocycles. The average Bonchev–Trinajstić information content (AvgIpc) is 3.22. The monoisotopic (exact) mass is 471 g/mol. The number of rotatable bonds is 3. The van der Waals surface area contributed by atoms with Crippen LogP contribution in [0.4, 0.5) is 16.2 Å². The number of nitrogens with two attached hydrogens (primary N) is 1. The molecule has 2 aromatic heterocycles. The lowest BCUT2D eigenvalue weighted by atomic mass is 10.1. The molecule has 1 fully saturated rings. The van der Waals surface area contributed by atoms with E-state index < -0.39 is 23.5 Å². The molecule has 2 atom stereocenters. The molecule has 2 aromatic carbocycles. The number of para-hydroxylation sites is 1. The molecule has 1 saturated heterocycles. The first-order chi connectivity index (χ1) is 16.8. The van der Waals surface area contributed by atoms with E-state index in [2.05, 4.69) is 16.0 Å². The van der Waals surface area contributed by atoms with Gasteiger partial charge < -0.3 is 15.7 Å². The zero-order chi connectivity index (χ0) is 24.9. The van der Waals surface area contributed by atoms with Gasteiger partial charge in [0, 0.05) is 13.0 Å². The van der Waals surface area contributed by atoms with Gasteiger partial charge in [-0.15, -0.1) is 0 Å². The summed E-state index contributed by atoms with van der Waals surface area (Å²) in [5, 5.41) is 20.6. The van der Waals surface area contributed by atoms with E-state index in [0.29, 0.717) is 22.7 Å². The molecule has 1 aliphatic rings. The van der Waals surface area contributed by atoms with Gasteiger partial charge in [-0.2, -0.15) is 10.2 Å². The van der Waals surface area contributed by atoms with E-state index in [1.807, 2.05) is 6.07 Å². The van der Waals surface area contributed by atoms with Crippen molar-refractivity contribution in [2.75, 3.05) is 17.2 Å². The Morgan fingerprint density at radius 1 is 1.14 bits per heavy atom. The molecule has 4 aromatic rings. The predicted octanol–water partition coefficient (Wildman–Crippen LogP) is 2.70. The first kappa shape index (κ1) is 22.4. The number of hydrogen-bond donors (Lipinski definition) is 2. The molecule has 5 rings (SSSR count). The number of nitrogens with zero attached hydrogens (tertiary/aromatic N) is 6. The molecule has 35 heavy (non-hydrogen) atoms. The van der Waals surface area contributed by atoms with E-state index in [9.17, 15) is 19.6 Å². The number of aliphatic hydroxyl groups excluding tert-OH is 1. The molecule has 0 saturated carbocycles. The molecule has 0 radical (unpaired) electrons. The van der Waals surface area contributed by atoms with Gasteiger partial charge >= 0.3 is 0 Å². The maximum absolute atomic E-state index is 14.4. The van der Waals surface area contributed by atoms with Crippen LogP contribution >= 0.6 is 0 Å². The average molecular weight is 471 g/mol. The van der Waals surface area contributed by atoms with Crippen LogP contribution in [0.15, 0.2) is 47.3 Å². The van der Waals surface area contributed by atoms with Gasteiger partial charge in [0.25, 0.3) is 5.56 Å². The third kappa shape index (κ3) is 3.66. The van der Waals surface area contributed by atoms with Crippen molar-refractivity contribution in [2.45, 2.75) is 32.4 Å². The van der Waals surface area contributed by atoms with Crippen molar-refractivity contribution < 1.29 is 9.50 Å². The van der Waals surface area contributed by atoms with E-state index in [1.165, 1.54) is 16.7 Å². The van der Waals surface area contributed by atoms with E-state index >= 15 is 0 Å². The van der Waals surface area contributed by atoms with Gasteiger partial charge in [0.15, 0.2) is 5.82 Å². The Balaban J connectivity index is 1.82. The molecule has 176 valence electrons. The second-order valence-corrected chi connectivity index (χ2v) is 8.55. The van der Waals surface area contributed by atoms with Crippen molar-refractivity contribution in [1.29, 1.82) is 5.26 Å². The lowest BCUT2D eigenvalue weighted by molar-refractivity contribution is 0.193. The third-order valence-electron chi connectivity index (χ3n) is 6.32. The highest BCUT2D eigenvalue weighted by Gasteiger charge is 2.38. The van der Waals surface area contributed by atoms with Crippen molar-refractivity contribution in [3.05, 3.63) is 81.3 Å². The first-order valence-electron chi connectivity index (χ1n) is 11.1. The Morgan fingerprint density at radius 2 is 1.89 bits per heavy atom. The van der Waals surface area contributed by atoms with Crippen LogP contribution in [0.3, 0.4) is 0 Å². The first-order valence-corrected chi connectivity index (χ1v) is 11.1. The van der Waals surface area contributed by atoms with Crippen LogP contribution < -0.4 is 16.2 Å². The van der Waals surface area contributed by atoms with Gasteiger partial charge in [0.2, 0.25) is 5.95 Å². The van der Waals surface area contributed by atoms with E-state index in [1.54, 1.807) is 43.0 Å². The van der Waals surface area contributed by atoms with Gasteiger partial charge in [-0.25, -0.2) is 14.4 Å². The number of nitriles is 1. The zero-order valence-electron chi connectivity index (χ0n) is 19.1. The molecule has 0 amide bonds. The topological polar surface area (TPSA) is 134 Å². The Hall–Kier alpha value is -4.36. The summed E-state index contributed by atoms with van der Waals surface area (Å²) in [6.07, 6.45) is -0.534. The lowest BCUT2D eigenvalue weighted by Crippen LogP contribution is -2.33. The van der Waals surface area contributed by atoms with Crippen molar-refractivity contribution in [3.8, 4) is 11.8 Å². The van der Waals surface area contributed by atoms with Gasteiger partial charge in [-0.05, 0) is 43.7 Å². The summed E-state index contributed by atoms with van der Waals surface area (Å²) in [4.78, 5) is 28.7. The number of nitrogen functional groups attached to an aromatic ring is 1. The predicted molar refractivity (Wildman–Crippen MR) is 129 cm³/mol. The van der Waals surface area contributed by atoms with E-state index in [-0.39, 0.29) is 41.2 Å². The summed E-state index contributed by atoms with van der Waals surface area (Å²) in [5.74, 6) is 0.111. The number of aliphatic hydroxyl groups is 1. The number of fused-ring (bicyclic) bond motifs is 1. The maximum atomic E-state index is 14.4. The SMILES string of the molecule is Cc1nc(N)nc(N2C[C@@H](O)C[C@H]2c2nc3ccc(F)c(C)c3c(=O)n2-c2ccccc2)c1C#N. The van der Waals surface area contributed by atoms with Gasteiger partial charge in [0.1, 0.15) is 23.3 Å². The fourth-order valence-electron chi connectivity index (χ4n) is 4.68. The Bertz CT molecular complexity index is 1560. The van der Waals surface area contributed by atoms with Crippen LogP contribution in [0.2, 0.25) is 0 Å². The van der Waals surface area contributed by atoms with Crippen LogP contribution in [-0.4, -0.2) is 37.3 Å². The summed E-state index contributed by atoms with van der Waals surface area (Å²) in [6, 6.07) is 13.2. The van der Waals surface area contributed by atoms with Gasteiger partial charge in [-0.1, -0.05) is 18.2 Å². The number of hydrogen-bond acceptors (Lipinski definition) is 8. The number of anilines is 2. The molecule has 0 aliphatic carbocycles. The minimum Gasteiger partial charge on any atom is -0.391 e. The summed E-state index contributed by atoms with van der Waals surface area (Å²) >= 11 is 0. The van der Waals surface area contributed by atoms with E-state index in [4.69, 9.17) is 10.7 Å². The minimum absolute atomic E-state index is 0.00494. The number of aromatic nitrogens is 4. The summed E-state index contributed by atoms with van der Waals surface area (Å²) in [7, 11) is 0. The lowest BCUT2D eigenvalue weighted by Gasteiger charge is -2.28. The molecule has 1 aliphatic heterocycles. The molecule has 0 unspecified atom stereocenters. The second-order valence-electron chi connectivity index (χ2n) is 8.55. The molecular formula is C25H22FN7O2. The smallest absolute Gasteiger partial charge is 0.266 e. The number of β-amino-alcohol motifs (C(OH)–C–C–N with tert-alkyl or cyclic N) is 1. The number of benzene rings is 2. The van der Waals surface area contributed by atoms with Crippen LogP contribution in [-0.2, 0) is 0 Å². The third-order valence-corrected chi connectivity index (χ3v) is 6.32. The molecular weight excluding hydrogens is 449 g/mol. The van der Waals surface area contributed by atoms with Crippen molar-refractivity contribution in [3.63, 3.8) is 0 Å². The normalized spacial score (nSPS) is 17.6. The highest BCUT2D eigenvalue weighted by molar-refractivity contribution is 5.82. The Kier molecular flexibility index (Phi) is 5.42. The molecule has 0 bridgehead atoms. The summed E-state index contributed by atoms with van der Waals surface area (Å²) in [6.45, 7) is 3.36. The number of aryl methyl sites for hydroxylation is 2. The highest BCUT2D eigenvalue weighted by Crippen LogP contribution is 2.38. The van der Waals surface area contributed by atoms with Crippen molar-refractivity contribution in [1.82, 2.24) is 19.5 Å². The molecule has 3 N–H and O–H groups in total. The number of halogens is 1. The van der Waals surface area contributed by atoms with Crippen LogP contribution in [0.25, 0.3) is 16.6 Å². The van der Waals surface area contributed by atoms with Gasteiger partial charge in [0.05, 0.1) is 34.4 Å². The van der Waals surface area contributed by atoms with E-state index in [0.717, 1.165) is 0 Å². The Labute approximate surface area is 199 Å². The fourth-order valence-corrected chi connectivity index (χ4v) is 4.68. The van der Waals surface area contributed by atoms with Crippen LogP contribution in [0, 0.1) is 31.0 Å². The van der Waals surface area contributed by atoms with Crippen LogP contribution in [0.1, 0.15) is 35.1 Å². The Morgan fingerprint density at radius 3 is 2.60 bits per heavy atom. The maximum Gasteiger partial charge on any atom is 0.266 e. The minimum atomic E-state index is -0.769. The van der Waals surface area contributed by atoms with Crippen LogP contribution in [0.5, 0.6) is 0 Å². The summed E-state index contributed by atoms with van der Waals surface area (Å²) < 4.78 is 15.8. The second kappa shape index (κ2) is 8.45. The fraction of sp³-hybridized carbons (Fsp3) is 0.240. The van der Waals surface area contributed by atoms with Crippen molar-refractivity contribution in [2.24, 2.45) is 0 Å². The largest absolute Gasteiger partial charge is 0.391 e. The molecule has 0 spiro atoms. The van der Waals surface area contributed by atoms with Crippen molar-refractivity contribution >= 4 is 22.7 Å². The molecule has 10 heteroatoms. The molecule has 9 nitrogen and oxygen atoms in total. The standard InChI is InChI=1S/C25H22FN7O2/c1-13-18(26)8-9-19-21(13)24(35)33(15-6-4-3-5-7-15)23(30-19)20-10-16(34)12-32(20)22-17(11-27)14(2)29-25(28)31-22/h3-9,16,20,34H,10,12H2,1-2H3,(H2,28,29,31)/t16-,20-/m0/s1. The zero-order valence-corrected chi connectivity index (χ0v) is 19.1.